The first-order valence-electron chi connectivity index (χ1n) is 4.66. The average Bonchev–Trinajstić information content (AvgIpc) is 2.35. The molecule has 0 fully saturated rings. The zero-order valence-electron chi connectivity index (χ0n) is 9.69. The molecule has 0 spiro atoms. The third-order valence-electron chi connectivity index (χ3n) is 1.90. The number of rotatable bonds is 3. The molecule has 0 unspecified atom stereocenters. The molecular formula is C9H12Cl2CuN4O2S. The van der Waals surface area contributed by atoms with Crippen LogP contribution in [-0.4, -0.2) is 26.5 Å². The molecule has 0 aromatic carbocycles. The van der Waals surface area contributed by atoms with Crippen LogP contribution in [-0.2, 0) is 19.7 Å². The Balaban J connectivity index is 0.000000982. The number of hydrogen-bond donors (Lipinski definition) is 4. The summed E-state index contributed by atoms with van der Waals surface area (Å²) in [6, 6.07) is 0. The minimum atomic E-state index is -0.241. The Morgan fingerprint density at radius 3 is 2.74 bits per heavy atom. The second-order valence-corrected chi connectivity index (χ2v) is 5.06. The van der Waals surface area contributed by atoms with E-state index in [4.69, 9.17) is 10.8 Å². The fraction of sp³-hybridized carbons (Fsp3) is 0.222. The summed E-state index contributed by atoms with van der Waals surface area (Å²) in [7, 11) is 9.34. The molecule has 0 aliphatic heterocycles. The van der Waals surface area contributed by atoms with Crippen molar-refractivity contribution in [3.8, 4) is 5.75 Å². The molecule has 5 N–H and O–H groups in total. The molecule has 0 saturated heterocycles. The van der Waals surface area contributed by atoms with Crippen LogP contribution in [0, 0.1) is 6.92 Å². The van der Waals surface area contributed by atoms with Gasteiger partial charge in [-0.05, 0) is 19.1 Å². The van der Waals surface area contributed by atoms with E-state index in [2.05, 4.69) is 47.9 Å². The van der Waals surface area contributed by atoms with E-state index in [0.717, 1.165) is 13.1 Å². The normalized spacial score (nSPS) is 10.1. The van der Waals surface area contributed by atoms with Crippen molar-refractivity contribution in [3.05, 3.63) is 23.0 Å². The maximum atomic E-state index is 9.72. The minimum absolute atomic E-state index is 0.0204. The van der Waals surface area contributed by atoms with Crippen LogP contribution in [0.3, 0.4) is 0 Å². The van der Waals surface area contributed by atoms with Gasteiger partial charge in [0.05, 0.1) is 18.5 Å². The van der Waals surface area contributed by atoms with Gasteiger partial charge in [-0.15, -0.1) is 0 Å². The van der Waals surface area contributed by atoms with E-state index in [-0.39, 0.29) is 17.5 Å². The van der Waals surface area contributed by atoms with Gasteiger partial charge in [0.2, 0.25) is 0 Å². The first-order chi connectivity index (χ1) is 8.97. The van der Waals surface area contributed by atoms with Crippen molar-refractivity contribution in [2.45, 2.75) is 13.5 Å². The molecule has 0 saturated carbocycles. The first kappa shape index (κ1) is 18.4. The Morgan fingerprint density at radius 1 is 1.68 bits per heavy atom. The number of nitrogens with two attached hydrogens (primary N) is 1. The number of thiocarbonyl (C=S) groups is 1. The molecule has 1 aromatic rings. The van der Waals surface area contributed by atoms with Gasteiger partial charge >= 0.3 is 33.3 Å². The van der Waals surface area contributed by atoms with Gasteiger partial charge in [0.1, 0.15) is 5.75 Å². The van der Waals surface area contributed by atoms with E-state index < -0.39 is 0 Å². The van der Waals surface area contributed by atoms with E-state index in [1.54, 1.807) is 6.92 Å². The molecule has 1 heterocycles. The Morgan fingerprint density at radius 2 is 2.26 bits per heavy atom. The molecule has 10 heteroatoms. The number of aromatic nitrogens is 1. The molecule has 0 radical (unpaired) electrons. The van der Waals surface area contributed by atoms with Gasteiger partial charge in [0, 0.05) is 17.3 Å². The van der Waals surface area contributed by atoms with E-state index in [1.807, 2.05) is 0 Å². The summed E-state index contributed by atoms with van der Waals surface area (Å²) in [6.45, 7) is 1.41. The third kappa shape index (κ3) is 6.91. The van der Waals surface area contributed by atoms with Gasteiger partial charge < -0.3 is 15.9 Å². The molecule has 0 atom stereocenters. The molecule has 0 amide bonds. The second-order valence-electron chi connectivity index (χ2n) is 3.07. The summed E-state index contributed by atoms with van der Waals surface area (Å²) in [6.07, 6.45) is 2.80. The quantitative estimate of drug-likeness (QED) is 0.274. The SMILES string of the molecule is Cc1ncc(CO)c(C=NNC(N)=S)c1O.[Cl][Cu][Cl]. The van der Waals surface area contributed by atoms with Gasteiger partial charge in [-0.25, -0.2) is 0 Å². The van der Waals surface area contributed by atoms with Crippen LogP contribution < -0.4 is 11.2 Å². The van der Waals surface area contributed by atoms with Gasteiger partial charge in [-0.2, -0.15) is 5.10 Å². The number of aromatic hydroxyl groups is 1. The monoisotopic (exact) mass is 373 g/mol. The van der Waals surface area contributed by atoms with Crippen molar-refractivity contribution in [2.75, 3.05) is 0 Å². The number of hydrazone groups is 1. The zero-order valence-corrected chi connectivity index (χ0v) is 13.0. The van der Waals surface area contributed by atoms with Gasteiger partial charge in [0.25, 0.3) is 0 Å². The van der Waals surface area contributed by atoms with Crippen molar-refractivity contribution >= 4 is 43.7 Å². The summed E-state index contributed by atoms with van der Waals surface area (Å²) in [5, 5.41) is 22.5. The summed E-state index contributed by atoms with van der Waals surface area (Å²) < 4.78 is 0. The topological polar surface area (TPSA) is 104 Å². The number of aliphatic hydroxyl groups is 1. The molecule has 1 aromatic heterocycles. The number of aliphatic hydroxyl groups excluding tert-OH is 1. The molecule has 0 aliphatic rings. The predicted octanol–water partition coefficient (Wildman–Crippen LogP) is 1.13. The van der Waals surface area contributed by atoms with Crippen molar-refractivity contribution in [2.24, 2.45) is 10.8 Å². The third-order valence-corrected chi connectivity index (χ3v) is 1.99. The number of hydrogen-bond acceptors (Lipinski definition) is 5. The first-order valence-corrected chi connectivity index (χ1v) is 7.65. The maximum absolute atomic E-state index is 9.72. The molecule has 19 heavy (non-hydrogen) atoms. The number of pyridine rings is 1. The van der Waals surface area contributed by atoms with Crippen molar-refractivity contribution < 1.29 is 23.3 Å². The van der Waals surface area contributed by atoms with Crippen LogP contribution in [0.25, 0.3) is 0 Å². The molecule has 111 valence electrons. The van der Waals surface area contributed by atoms with Crippen molar-refractivity contribution in [3.63, 3.8) is 0 Å². The summed E-state index contributed by atoms with van der Waals surface area (Å²) in [4.78, 5) is 3.91. The Labute approximate surface area is 130 Å². The molecule has 1 rings (SSSR count). The van der Waals surface area contributed by atoms with Crippen LogP contribution in [0.4, 0.5) is 0 Å². The van der Waals surface area contributed by atoms with E-state index in [0.29, 0.717) is 16.8 Å². The predicted molar refractivity (Wildman–Crippen MR) is 75.8 cm³/mol. The molecular weight excluding hydrogens is 363 g/mol. The zero-order chi connectivity index (χ0) is 14.8. The molecule has 0 bridgehead atoms. The molecule has 0 aliphatic carbocycles. The van der Waals surface area contributed by atoms with Crippen LogP contribution in [0.5, 0.6) is 5.75 Å². The van der Waals surface area contributed by atoms with E-state index >= 15 is 0 Å². The van der Waals surface area contributed by atoms with Gasteiger partial charge in [0.15, 0.2) is 5.11 Å². The van der Waals surface area contributed by atoms with Gasteiger partial charge in [-0.3, -0.25) is 10.4 Å². The van der Waals surface area contributed by atoms with Crippen LogP contribution in [0.1, 0.15) is 16.8 Å². The Bertz CT molecular complexity index is 462. The second kappa shape index (κ2) is 10.2. The van der Waals surface area contributed by atoms with E-state index in [1.165, 1.54) is 12.4 Å². The van der Waals surface area contributed by atoms with Crippen LogP contribution in [0.2, 0.25) is 0 Å². The molecule has 6 nitrogen and oxygen atoms in total. The summed E-state index contributed by atoms with van der Waals surface area (Å²) in [5.74, 6) is -0.0277. The summed E-state index contributed by atoms with van der Waals surface area (Å²) in [5.41, 5.74) is 8.84. The van der Waals surface area contributed by atoms with Crippen LogP contribution in [0.15, 0.2) is 11.3 Å². The number of aryl methyl sites for hydroxylation is 1. The fourth-order valence-corrected chi connectivity index (χ4v) is 1.14. The van der Waals surface area contributed by atoms with E-state index in [9.17, 15) is 5.11 Å². The van der Waals surface area contributed by atoms with Crippen molar-refractivity contribution in [1.29, 1.82) is 0 Å². The van der Waals surface area contributed by atoms with Crippen molar-refractivity contribution in [1.82, 2.24) is 10.4 Å². The number of halogens is 2. The Hall–Kier alpha value is -0.631. The number of nitrogens with zero attached hydrogens (tertiary/aromatic N) is 2. The summed E-state index contributed by atoms with van der Waals surface area (Å²) >= 11 is 5.32. The Kier molecular flexibility index (Phi) is 9.85. The van der Waals surface area contributed by atoms with Gasteiger partial charge in [-0.1, -0.05) is 0 Å². The number of nitrogens with one attached hydrogen (secondary N) is 1. The average molecular weight is 375 g/mol. The van der Waals surface area contributed by atoms with Crippen LogP contribution >= 0.6 is 32.4 Å². The standard InChI is InChI=1S/C9H12N4O2S.2ClH.Cu/c1-5-8(15)7(3-12-13-9(10)16)6(4-14)2-11-5;;;/h2-3,14-15H,4H2,1H3,(H3,10,13,16);2*1H;/q;;;+2/p-2. The fourth-order valence-electron chi connectivity index (χ4n) is 1.08.